The van der Waals surface area contributed by atoms with Gasteiger partial charge < -0.3 is 10.2 Å². The van der Waals surface area contributed by atoms with Crippen LogP contribution >= 0.6 is 0 Å². The first-order valence-corrected chi connectivity index (χ1v) is 6.56. The van der Waals surface area contributed by atoms with Crippen LogP contribution in [0, 0.1) is 0 Å². The molecule has 0 bridgehead atoms. The number of nitrogens with one attached hydrogen (secondary N) is 1. The number of carboxylic acid groups (broad SMARTS) is 2. The van der Waals surface area contributed by atoms with Crippen molar-refractivity contribution in [3.8, 4) is 0 Å². The molecule has 0 spiro atoms. The van der Waals surface area contributed by atoms with E-state index in [2.05, 4.69) is 20.5 Å². The highest BCUT2D eigenvalue weighted by atomic mass is 16.4. The SMILES string of the molecule is O=C(N/N=C/c1ccncc1)c1cccnc1.O=C(O)CC(=O)O. The van der Waals surface area contributed by atoms with Crippen molar-refractivity contribution < 1.29 is 24.6 Å². The number of carbonyl (C=O) groups excluding carboxylic acids is 1. The zero-order valence-electron chi connectivity index (χ0n) is 12.4. The van der Waals surface area contributed by atoms with E-state index in [1.165, 1.54) is 6.20 Å². The van der Waals surface area contributed by atoms with Gasteiger partial charge in [0.15, 0.2) is 0 Å². The molecule has 24 heavy (non-hydrogen) atoms. The molecular formula is C15H14N4O5. The summed E-state index contributed by atoms with van der Waals surface area (Å²) in [5.41, 5.74) is 3.76. The standard InChI is InChI=1S/C12H10N4O.C3H4O4/c17-12(11-2-1-5-14-9-11)16-15-8-10-3-6-13-7-4-10;4-2(5)1-3(6)7/h1-9H,(H,16,17);1H2,(H,4,5)(H,6,7)/b15-8+;. The minimum Gasteiger partial charge on any atom is -0.481 e. The highest BCUT2D eigenvalue weighted by Gasteiger charge is 2.02. The second-order valence-corrected chi connectivity index (χ2v) is 4.19. The maximum absolute atomic E-state index is 11.6. The monoisotopic (exact) mass is 330 g/mol. The normalized spacial score (nSPS) is 9.67. The summed E-state index contributed by atoms with van der Waals surface area (Å²) in [5.74, 6) is -2.91. The summed E-state index contributed by atoms with van der Waals surface area (Å²) < 4.78 is 0. The highest BCUT2D eigenvalue weighted by Crippen LogP contribution is 1.95. The molecule has 0 saturated carbocycles. The number of carbonyl (C=O) groups is 3. The molecule has 1 amide bonds. The maximum atomic E-state index is 11.6. The van der Waals surface area contributed by atoms with Crippen LogP contribution in [0.5, 0.6) is 0 Å². The van der Waals surface area contributed by atoms with Gasteiger partial charge in [-0.25, -0.2) is 5.43 Å². The van der Waals surface area contributed by atoms with Crippen LogP contribution in [0.25, 0.3) is 0 Å². The van der Waals surface area contributed by atoms with Crippen LogP contribution in [-0.2, 0) is 9.59 Å². The predicted molar refractivity (Wildman–Crippen MR) is 83.4 cm³/mol. The number of hydrogen-bond donors (Lipinski definition) is 3. The molecule has 0 aliphatic carbocycles. The van der Waals surface area contributed by atoms with Crippen LogP contribution in [0.2, 0.25) is 0 Å². The highest BCUT2D eigenvalue weighted by molar-refractivity contribution is 5.94. The van der Waals surface area contributed by atoms with E-state index in [1.54, 1.807) is 49.1 Å². The van der Waals surface area contributed by atoms with Gasteiger partial charge in [0.25, 0.3) is 5.91 Å². The fourth-order valence-electron chi connectivity index (χ4n) is 1.31. The average Bonchev–Trinajstić information content (AvgIpc) is 2.56. The van der Waals surface area contributed by atoms with Crippen LogP contribution in [0.4, 0.5) is 0 Å². The molecule has 0 aliphatic rings. The Morgan fingerprint density at radius 3 is 2.21 bits per heavy atom. The zero-order valence-corrected chi connectivity index (χ0v) is 12.4. The first kappa shape index (κ1) is 18.4. The number of pyridine rings is 2. The van der Waals surface area contributed by atoms with Gasteiger partial charge in [0, 0.05) is 24.8 Å². The van der Waals surface area contributed by atoms with Crippen molar-refractivity contribution in [1.29, 1.82) is 0 Å². The van der Waals surface area contributed by atoms with Gasteiger partial charge in [-0.1, -0.05) is 0 Å². The third-order valence-electron chi connectivity index (χ3n) is 2.31. The molecule has 9 heteroatoms. The van der Waals surface area contributed by atoms with Gasteiger partial charge in [0.2, 0.25) is 0 Å². The second-order valence-electron chi connectivity index (χ2n) is 4.19. The summed E-state index contributed by atoms with van der Waals surface area (Å²) in [4.78, 5) is 38.1. The molecule has 0 unspecified atom stereocenters. The van der Waals surface area contributed by atoms with E-state index < -0.39 is 18.4 Å². The van der Waals surface area contributed by atoms with Gasteiger partial charge >= 0.3 is 11.9 Å². The lowest BCUT2D eigenvalue weighted by atomic mass is 10.3. The number of aliphatic carboxylic acids is 2. The minimum absolute atomic E-state index is 0.289. The lowest BCUT2D eigenvalue weighted by Crippen LogP contribution is -2.17. The zero-order chi connectivity index (χ0) is 17.8. The number of hydrogen-bond acceptors (Lipinski definition) is 6. The molecule has 0 saturated heterocycles. The number of amides is 1. The lowest BCUT2D eigenvalue weighted by Gasteiger charge is -1.97. The number of nitrogens with zero attached hydrogens (tertiary/aromatic N) is 3. The molecule has 3 N–H and O–H groups in total. The number of rotatable bonds is 5. The van der Waals surface area contributed by atoms with Gasteiger partial charge in [-0.05, 0) is 29.8 Å². The Kier molecular flexibility index (Phi) is 7.80. The maximum Gasteiger partial charge on any atom is 0.314 e. The number of hydrazone groups is 1. The molecule has 2 aromatic rings. The van der Waals surface area contributed by atoms with E-state index >= 15 is 0 Å². The quantitative estimate of drug-likeness (QED) is 0.418. The Morgan fingerprint density at radius 1 is 1.04 bits per heavy atom. The van der Waals surface area contributed by atoms with Gasteiger partial charge in [-0.15, -0.1) is 0 Å². The van der Waals surface area contributed by atoms with E-state index in [4.69, 9.17) is 10.2 Å². The molecule has 9 nitrogen and oxygen atoms in total. The van der Waals surface area contributed by atoms with Crippen molar-refractivity contribution in [1.82, 2.24) is 15.4 Å². The van der Waals surface area contributed by atoms with Crippen molar-refractivity contribution in [2.45, 2.75) is 6.42 Å². The van der Waals surface area contributed by atoms with Crippen molar-refractivity contribution in [2.24, 2.45) is 5.10 Å². The molecule has 2 aromatic heterocycles. The summed E-state index contributed by atoms with van der Waals surface area (Å²) >= 11 is 0. The Hall–Kier alpha value is -3.62. The van der Waals surface area contributed by atoms with Gasteiger partial charge in [-0.2, -0.15) is 5.10 Å². The third kappa shape index (κ3) is 7.98. The van der Waals surface area contributed by atoms with Crippen LogP contribution in [-0.4, -0.2) is 44.2 Å². The summed E-state index contributed by atoms with van der Waals surface area (Å²) in [5, 5.41) is 19.2. The molecular weight excluding hydrogens is 316 g/mol. The Bertz CT molecular complexity index is 692. The molecule has 0 aliphatic heterocycles. The van der Waals surface area contributed by atoms with Crippen LogP contribution in [0.15, 0.2) is 54.2 Å². The fourth-order valence-corrected chi connectivity index (χ4v) is 1.31. The summed E-state index contributed by atoms with van der Waals surface area (Å²) in [7, 11) is 0. The van der Waals surface area contributed by atoms with E-state index in [-0.39, 0.29) is 5.91 Å². The van der Waals surface area contributed by atoms with E-state index in [9.17, 15) is 14.4 Å². The van der Waals surface area contributed by atoms with Crippen molar-refractivity contribution in [2.75, 3.05) is 0 Å². The van der Waals surface area contributed by atoms with E-state index in [1.807, 2.05) is 0 Å². The molecule has 124 valence electrons. The Labute approximate surface area is 136 Å². The van der Waals surface area contributed by atoms with E-state index in [0.29, 0.717) is 5.56 Å². The van der Waals surface area contributed by atoms with Crippen LogP contribution < -0.4 is 5.43 Å². The first-order valence-electron chi connectivity index (χ1n) is 6.56. The largest absolute Gasteiger partial charge is 0.481 e. The smallest absolute Gasteiger partial charge is 0.314 e. The Balaban J connectivity index is 0.000000351. The van der Waals surface area contributed by atoms with Crippen LogP contribution in [0.3, 0.4) is 0 Å². The molecule has 0 atom stereocenters. The lowest BCUT2D eigenvalue weighted by molar-refractivity contribution is -0.147. The minimum atomic E-state index is -1.31. The van der Waals surface area contributed by atoms with Gasteiger partial charge in [0.05, 0.1) is 11.8 Å². The second kappa shape index (κ2) is 10.2. The van der Waals surface area contributed by atoms with Crippen molar-refractivity contribution in [3.05, 3.63) is 60.2 Å². The van der Waals surface area contributed by atoms with Gasteiger partial charge in [0.1, 0.15) is 6.42 Å². The fraction of sp³-hybridized carbons (Fsp3) is 0.0667. The molecule has 0 radical (unpaired) electrons. The third-order valence-corrected chi connectivity index (χ3v) is 2.31. The summed E-state index contributed by atoms with van der Waals surface area (Å²) in [6.45, 7) is 0. The Morgan fingerprint density at radius 2 is 1.71 bits per heavy atom. The predicted octanol–water partition coefficient (Wildman–Crippen LogP) is 0.786. The number of carboxylic acids is 2. The van der Waals surface area contributed by atoms with E-state index in [0.717, 1.165) is 5.56 Å². The summed E-state index contributed by atoms with van der Waals surface area (Å²) in [6, 6.07) is 6.95. The average molecular weight is 330 g/mol. The molecule has 2 rings (SSSR count). The summed E-state index contributed by atoms with van der Waals surface area (Å²) in [6.07, 6.45) is 7.15. The first-order chi connectivity index (χ1) is 11.5. The molecule has 0 aromatic carbocycles. The van der Waals surface area contributed by atoms with Crippen molar-refractivity contribution >= 4 is 24.1 Å². The molecule has 0 fully saturated rings. The van der Waals surface area contributed by atoms with Crippen molar-refractivity contribution in [3.63, 3.8) is 0 Å². The number of aromatic nitrogens is 2. The molecule has 2 heterocycles. The topological polar surface area (TPSA) is 142 Å². The van der Waals surface area contributed by atoms with Crippen LogP contribution in [0.1, 0.15) is 22.3 Å². The van der Waals surface area contributed by atoms with Gasteiger partial charge in [-0.3, -0.25) is 24.4 Å².